The predicted octanol–water partition coefficient (Wildman–Crippen LogP) is 3.91. The fraction of sp³-hybridized carbons (Fsp3) is 0.667. The van der Waals surface area contributed by atoms with E-state index in [4.69, 9.17) is 16.3 Å². The minimum Gasteiger partial charge on any atom is -0.478 e. The van der Waals surface area contributed by atoms with Crippen molar-refractivity contribution in [2.45, 2.75) is 40.7 Å². The first-order chi connectivity index (χ1) is 8.99. The third-order valence-corrected chi connectivity index (χ3v) is 3.06. The molecule has 3 nitrogen and oxygen atoms in total. The second-order valence-electron chi connectivity index (χ2n) is 5.67. The molecule has 0 amide bonds. The van der Waals surface area contributed by atoms with Crippen molar-refractivity contribution in [2.75, 3.05) is 13.2 Å². The van der Waals surface area contributed by atoms with Crippen LogP contribution in [0.15, 0.2) is 12.3 Å². The van der Waals surface area contributed by atoms with Gasteiger partial charge in [-0.25, -0.2) is 4.98 Å². The third-order valence-electron chi connectivity index (χ3n) is 2.72. The fourth-order valence-corrected chi connectivity index (χ4v) is 1.74. The van der Waals surface area contributed by atoms with Gasteiger partial charge in [0.15, 0.2) is 0 Å². The van der Waals surface area contributed by atoms with Gasteiger partial charge < -0.3 is 10.1 Å². The third kappa shape index (κ3) is 6.79. The Bertz CT molecular complexity index is 380. The van der Waals surface area contributed by atoms with Crippen LogP contribution < -0.4 is 10.1 Å². The van der Waals surface area contributed by atoms with Crippen molar-refractivity contribution in [2.24, 2.45) is 11.8 Å². The maximum atomic E-state index is 6.14. The Morgan fingerprint density at radius 1 is 1.26 bits per heavy atom. The minimum absolute atomic E-state index is 0.627. The maximum absolute atomic E-state index is 6.14. The Labute approximate surface area is 121 Å². The summed E-state index contributed by atoms with van der Waals surface area (Å²) in [4.78, 5) is 4.20. The lowest BCUT2D eigenvalue weighted by molar-refractivity contribution is 0.279. The average Bonchev–Trinajstić information content (AvgIpc) is 2.32. The van der Waals surface area contributed by atoms with E-state index in [2.05, 4.69) is 38.0 Å². The number of ether oxygens (including phenoxy) is 1. The van der Waals surface area contributed by atoms with Gasteiger partial charge in [0.1, 0.15) is 0 Å². The van der Waals surface area contributed by atoms with E-state index in [-0.39, 0.29) is 0 Å². The summed E-state index contributed by atoms with van der Waals surface area (Å²) >= 11 is 6.14. The van der Waals surface area contributed by atoms with Crippen LogP contribution in [0.1, 0.15) is 39.7 Å². The molecule has 108 valence electrons. The normalized spacial score (nSPS) is 11.3. The molecule has 19 heavy (non-hydrogen) atoms. The lowest BCUT2D eigenvalue weighted by Crippen LogP contribution is -2.19. The Kier molecular flexibility index (Phi) is 7.17. The first kappa shape index (κ1) is 16.3. The van der Waals surface area contributed by atoms with Crippen LogP contribution in [-0.2, 0) is 6.54 Å². The zero-order valence-electron chi connectivity index (χ0n) is 12.4. The summed E-state index contributed by atoms with van der Waals surface area (Å²) < 4.78 is 5.64. The smallest absolute Gasteiger partial charge is 0.213 e. The molecule has 1 aromatic rings. The monoisotopic (exact) mass is 284 g/mol. The van der Waals surface area contributed by atoms with E-state index in [1.165, 1.54) is 0 Å². The summed E-state index contributed by atoms with van der Waals surface area (Å²) in [6.07, 6.45) is 2.70. The highest BCUT2D eigenvalue weighted by molar-refractivity contribution is 6.31. The van der Waals surface area contributed by atoms with Gasteiger partial charge in [0.25, 0.3) is 0 Å². The number of nitrogens with one attached hydrogen (secondary N) is 1. The van der Waals surface area contributed by atoms with Crippen LogP contribution in [0.25, 0.3) is 0 Å². The van der Waals surface area contributed by atoms with Crippen LogP contribution in [-0.4, -0.2) is 18.1 Å². The molecule has 0 unspecified atom stereocenters. The van der Waals surface area contributed by atoms with Crippen LogP contribution >= 0.6 is 11.6 Å². The van der Waals surface area contributed by atoms with Gasteiger partial charge in [0.2, 0.25) is 5.88 Å². The number of aromatic nitrogens is 1. The van der Waals surface area contributed by atoms with Crippen molar-refractivity contribution in [3.8, 4) is 5.88 Å². The summed E-state index contributed by atoms with van der Waals surface area (Å²) in [6.45, 7) is 11.1. The molecule has 1 aromatic heterocycles. The van der Waals surface area contributed by atoms with Crippen LogP contribution in [0.2, 0.25) is 5.02 Å². The van der Waals surface area contributed by atoms with E-state index in [1.807, 2.05) is 6.07 Å². The maximum Gasteiger partial charge on any atom is 0.213 e. The van der Waals surface area contributed by atoms with Crippen molar-refractivity contribution in [3.05, 3.63) is 22.8 Å². The summed E-state index contributed by atoms with van der Waals surface area (Å²) in [6, 6.07) is 1.93. The molecule has 0 aromatic carbocycles. The van der Waals surface area contributed by atoms with E-state index in [0.29, 0.717) is 29.3 Å². The van der Waals surface area contributed by atoms with Gasteiger partial charge >= 0.3 is 0 Å². The molecule has 1 heterocycles. The summed E-state index contributed by atoms with van der Waals surface area (Å²) in [7, 11) is 0. The summed E-state index contributed by atoms with van der Waals surface area (Å²) in [5.74, 6) is 1.92. The molecule has 0 bridgehead atoms. The lowest BCUT2D eigenvalue weighted by atomic mass is 10.1. The largest absolute Gasteiger partial charge is 0.478 e. The summed E-state index contributed by atoms with van der Waals surface area (Å²) in [5.41, 5.74) is 1.04. The number of halogens is 1. The molecule has 0 saturated heterocycles. The summed E-state index contributed by atoms with van der Waals surface area (Å²) in [5, 5.41) is 4.06. The van der Waals surface area contributed by atoms with E-state index >= 15 is 0 Å². The molecular formula is C15H25ClN2O. The average molecular weight is 285 g/mol. The molecule has 0 aliphatic carbocycles. The first-order valence-corrected chi connectivity index (χ1v) is 7.34. The van der Waals surface area contributed by atoms with E-state index in [9.17, 15) is 0 Å². The number of hydrogen-bond donors (Lipinski definition) is 1. The minimum atomic E-state index is 0.627. The predicted molar refractivity (Wildman–Crippen MR) is 80.7 cm³/mol. The zero-order chi connectivity index (χ0) is 14.3. The van der Waals surface area contributed by atoms with E-state index in [0.717, 1.165) is 25.1 Å². The van der Waals surface area contributed by atoms with Crippen molar-refractivity contribution in [3.63, 3.8) is 0 Å². The standard InChI is InChI=1S/C15H25ClN2O/c1-11(2)5-6-19-15-7-13(14(16)10-18-15)9-17-8-12(3)4/h7,10-12,17H,5-6,8-9H2,1-4H3. The Morgan fingerprint density at radius 3 is 2.63 bits per heavy atom. The molecule has 1 rings (SSSR count). The van der Waals surface area contributed by atoms with Gasteiger partial charge in [-0.1, -0.05) is 39.3 Å². The van der Waals surface area contributed by atoms with Gasteiger partial charge in [-0.3, -0.25) is 0 Å². The van der Waals surface area contributed by atoms with Crippen molar-refractivity contribution < 1.29 is 4.74 Å². The molecule has 4 heteroatoms. The molecule has 0 aliphatic rings. The molecule has 0 fully saturated rings. The highest BCUT2D eigenvalue weighted by Crippen LogP contribution is 2.19. The molecule has 1 N–H and O–H groups in total. The number of hydrogen-bond acceptors (Lipinski definition) is 3. The Morgan fingerprint density at radius 2 is 2.00 bits per heavy atom. The molecule has 0 radical (unpaired) electrons. The Balaban J connectivity index is 2.51. The van der Waals surface area contributed by atoms with E-state index in [1.54, 1.807) is 6.20 Å². The second-order valence-corrected chi connectivity index (χ2v) is 6.08. The number of pyridine rings is 1. The highest BCUT2D eigenvalue weighted by atomic mass is 35.5. The molecule has 0 saturated carbocycles. The van der Waals surface area contributed by atoms with Crippen LogP contribution in [0.5, 0.6) is 5.88 Å². The fourth-order valence-electron chi connectivity index (χ4n) is 1.57. The van der Waals surface area contributed by atoms with Crippen molar-refractivity contribution in [1.82, 2.24) is 10.3 Å². The van der Waals surface area contributed by atoms with Gasteiger partial charge in [0.05, 0.1) is 11.6 Å². The second kappa shape index (κ2) is 8.39. The highest BCUT2D eigenvalue weighted by Gasteiger charge is 2.05. The number of nitrogens with zero attached hydrogens (tertiary/aromatic N) is 1. The molecule has 0 aliphatic heterocycles. The van der Waals surface area contributed by atoms with Gasteiger partial charge in [-0.15, -0.1) is 0 Å². The van der Waals surface area contributed by atoms with Crippen LogP contribution in [0.3, 0.4) is 0 Å². The number of rotatable bonds is 8. The Hall–Kier alpha value is -0.800. The zero-order valence-corrected chi connectivity index (χ0v) is 13.1. The van der Waals surface area contributed by atoms with Crippen LogP contribution in [0.4, 0.5) is 0 Å². The SMILES string of the molecule is CC(C)CCOc1cc(CNCC(C)C)c(Cl)cn1. The first-order valence-electron chi connectivity index (χ1n) is 6.97. The molecule has 0 atom stereocenters. The van der Waals surface area contributed by atoms with Crippen LogP contribution in [0, 0.1) is 11.8 Å². The van der Waals surface area contributed by atoms with Gasteiger partial charge in [-0.05, 0) is 30.4 Å². The van der Waals surface area contributed by atoms with Gasteiger partial charge in [0, 0.05) is 18.8 Å². The van der Waals surface area contributed by atoms with Crippen molar-refractivity contribution >= 4 is 11.6 Å². The topological polar surface area (TPSA) is 34.1 Å². The molecule has 0 spiro atoms. The van der Waals surface area contributed by atoms with Gasteiger partial charge in [-0.2, -0.15) is 0 Å². The van der Waals surface area contributed by atoms with Crippen molar-refractivity contribution in [1.29, 1.82) is 0 Å². The van der Waals surface area contributed by atoms with E-state index < -0.39 is 0 Å². The lowest BCUT2D eigenvalue weighted by Gasteiger charge is -2.11. The molecular weight excluding hydrogens is 260 g/mol. The quantitative estimate of drug-likeness (QED) is 0.786.